The largest absolute Gasteiger partial charge is 0.329 e. The van der Waals surface area contributed by atoms with Crippen molar-refractivity contribution >= 4 is 10.0 Å². The molecule has 2 bridgehead atoms. The Morgan fingerprint density at radius 3 is 2.89 bits per heavy atom. The molecular weight excluding hydrogens is 252 g/mol. The minimum Gasteiger partial charge on any atom is -0.329 e. The number of rotatable bonds is 4. The van der Waals surface area contributed by atoms with Gasteiger partial charge in [0.05, 0.1) is 12.7 Å². The normalized spacial score (nSPS) is 28.1. The van der Waals surface area contributed by atoms with Crippen LogP contribution in [0.5, 0.6) is 0 Å². The lowest BCUT2D eigenvalue weighted by atomic mass is 10.1. The number of nitrogens with two attached hydrogens (primary N) is 1. The Hall–Kier alpha value is -0.920. The fourth-order valence-corrected chi connectivity index (χ4v) is 4.74. The van der Waals surface area contributed by atoms with Gasteiger partial charge in [0, 0.05) is 25.3 Å². The molecule has 2 heterocycles. The van der Waals surface area contributed by atoms with E-state index >= 15 is 0 Å². The molecule has 0 spiro atoms. The number of hydrogen-bond donors (Lipinski definition) is 1. The van der Waals surface area contributed by atoms with Crippen LogP contribution in [0.15, 0.2) is 17.3 Å². The SMILES string of the molecule is NCCn1cc(S(=O)(=O)N2CC3CCC2C3)cn1. The maximum Gasteiger partial charge on any atom is 0.246 e. The zero-order chi connectivity index (χ0) is 12.8. The van der Waals surface area contributed by atoms with Gasteiger partial charge in [-0.15, -0.1) is 0 Å². The van der Waals surface area contributed by atoms with Crippen LogP contribution in [0.3, 0.4) is 0 Å². The number of aromatic nitrogens is 2. The predicted octanol–water partition coefficient (Wildman–Crippen LogP) is 0.0148. The first-order chi connectivity index (χ1) is 8.61. The van der Waals surface area contributed by atoms with Crippen LogP contribution in [0, 0.1) is 5.92 Å². The van der Waals surface area contributed by atoms with Crippen molar-refractivity contribution in [3.63, 3.8) is 0 Å². The molecule has 0 radical (unpaired) electrons. The van der Waals surface area contributed by atoms with Crippen molar-refractivity contribution < 1.29 is 8.42 Å². The molecular formula is C11H18N4O2S. The van der Waals surface area contributed by atoms with E-state index in [1.54, 1.807) is 15.2 Å². The molecule has 100 valence electrons. The molecule has 2 fully saturated rings. The Bertz CT molecular complexity index is 539. The van der Waals surface area contributed by atoms with Crippen molar-refractivity contribution in [2.75, 3.05) is 13.1 Å². The van der Waals surface area contributed by atoms with Crippen LogP contribution in [-0.4, -0.2) is 41.6 Å². The quantitative estimate of drug-likeness (QED) is 0.836. The van der Waals surface area contributed by atoms with Gasteiger partial charge in [0.1, 0.15) is 4.90 Å². The van der Waals surface area contributed by atoms with E-state index in [1.807, 2.05) is 0 Å². The van der Waals surface area contributed by atoms with Crippen LogP contribution in [0.2, 0.25) is 0 Å². The van der Waals surface area contributed by atoms with E-state index in [-0.39, 0.29) is 6.04 Å². The zero-order valence-corrected chi connectivity index (χ0v) is 11.0. The van der Waals surface area contributed by atoms with Crippen molar-refractivity contribution in [1.29, 1.82) is 0 Å². The fraction of sp³-hybridized carbons (Fsp3) is 0.727. The summed E-state index contributed by atoms with van der Waals surface area (Å²) in [7, 11) is -3.36. The summed E-state index contributed by atoms with van der Waals surface area (Å²) in [6.45, 7) is 1.67. The second-order valence-electron chi connectivity index (χ2n) is 5.14. The van der Waals surface area contributed by atoms with E-state index in [9.17, 15) is 8.42 Å². The van der Waals surface area contributed by atoms with Gasteiger partial charge in [0.2, 0.25) is 10.0 Å². The van der Waals surface area contributed by atoms with Crippen LogP contribution in [0.1, 0.15) is 19.3 Å². The lowest BCUT2D eigenvalue weighted by Gasteiger charge is -2.25. The predicted molar refractivity (Wildman–Crippen MR) is 66.3 cm³/mol. The summed E-state index contributed by atoms with van der Waals surface area (Å²) < 4.78 is 28.2. The molecule has 7 heteroatoms. The maximum atomic E-state index is 12.5. The molecule has 1 aromatic heterocycles. The smallest absolute Gasteiger partial charge is 0.246 e. The summed E-state index contributed by atoms with van der Waals surface area (Å²) in [5.41, 5.74) is 5.43. The van der Waals surface area contributed by atoms with Gasteiger partial charge in [-0.1, -0.05) is 0 Å². The molecule has 3 rings (SSSR count). The van der Waals surface area contributed by atoms with Gasteiger partial charge < -0.3 is 5.73 Å². The molecule has 0 aromatic carbocycles. The third-order valence-electron chi connectivity index (χ3n) is 3.93. The first kappa shape index (κ1) is 12.1. The highest BCUT2D eigenvalue weighted by atomic mass is 32.2. The van der Waals surface area contributed by atoms with Crippen molar-refractivity contribution in [3.05, 3.63) is 12.4 Å². The lowest BCUT2D eigenvalue weighted by Crippen LogP contribution is -2.37. The summed E-state index contributed by atoms with van der Waals surface area (Å²) in [5, 5.41) is 4.04. The van der Waals surface area contributed by atoms with Gasteiger partial charge in [0.25, 0.3) is 0 Å². The Labute approximate surface area is 107 Å². The van der Waals surface area contributed by atoms with Crippen molar-refractivity contribution in [3.8, 4) is 0 Å². The van der Waals surface area contributed by atoms with Crippen LogP contribution in [0.4, 0.5) is 0 Å². The molecule has 2 unspecified atom stereocenters. The molecule has 2 atom stereocenters. The first-order valence-electron chi connectivity index (χ1n) is 6.35. The molecule has 0 amide bonds. The molecule has 1 saturated heterocycles. The van der Waals surface area contributed by atoms with Crippen LogP contribution in [-0.2, 0) is 16.6 Å². The number of piperidine rings is 1. The third kappa shape index (κ3) is 1.86. The summed E-state index contributed by atoms with van der Waals surface area (Å²) in [4.78, 5) is 0.295. The topological polar surface area (TPSA) is 81.2 Å². The second-order valence-corrected chi connectivity index (χ2v) is 7.03. The molecule has 1 aliphatic carbocycles. The lowest BCUT2D eigenvalue weighted by molar-refractivity contribution is 0.333. The number of hydrogen-bond acceptors (Lipinski definition) is 4. The molecule has 18 heavy (non-hydrogen) atoms. The molecule has 2 N–H and O–H groups in total. The van der Waals surface area contributed by atoms with Crippen molar-refractivity contribution in [2.45, 2.75) is 36.7 Å². The number of sulfonamides is 1. The molecule has 1 saturated carbocycles. The van der Waals surface area contributed by atoms with Crippen molar-refractivity contribution in [2.24, 2.45) is 11.7 Å². The summed E-state index contributed by atoms with van der Waals surface area (Å²) in [6.07, 6.45) is 6.20. The standard InChI is InChI=1S/C11H18N4O2S/c12-3-4-14-8-11(6-13-14)18(16,17)15-7-9-1-2-10(15)5-9/h6,8-10H,1-5,7,12H2. The van der Waals surface area contributed by atoms with E-state index in [1.165, 1.54) is 12.6 Å². The Balaban J connectivity index is 1.85. The van der Waals surface area contributed by atoms with Gasteiger partial charge in [0.15, 0.2) is 0 Å². The highest BCUT2D eigenvalue weighted by molar-refractivity contribution is 7.89. The molecule has 1 aromatic rings. The minimum absolute atomic E-state index is 0.206. The minimum atomic E-state index is -3.36. The Morgan fingerprint density at radius 1 is 1.44 bits per heavy atom. The van der Waals surface area contributed by atoms with Gasteiger partial charge in [-0.3, -0.25) is 4.68 Å². The molecule has 1 aliphatic heterocycles. The molecule has 6 nitrogen and oxygen atoms in total. The average Bonchev–Trinajstić information content (AvgIpc) is 3.04. The van der Waals surface area contributed by atoms with Crippen molar-refractivity contribution in [1.82, 2.24) is 14.1 Å². The average molecular weight is 270 g/mol. The fourth-order valence-electron chi connectivity index (χ4n) is 3.04. The van der Waals surface area contributed by atoms with E-state index in [2.05, 4.69) is 5.10 Å². The van der Waals surface area contributed by atoms with Gasteiger partial charge in [-0.2, -0.15) is 9.40 Å². The third-order valence-corrected chi connectivity index (χ3v) is 5.80. The van der Waals surface area contributed by atoms with E-state index in [0.717, 1.165) is 12.8 Å². The van der Waals surface area contributed by atoms with Gasteiger partial charge in [-0.05, 0) is 25.2 Å². The molecule has 2 aliphatic rings. The van der Waals surface area contributed by atoms with Crippen LogP contribution >= 0.6 is 0 Å². The van der Waals surface area contributed by atoms with E-state index in [4.69, 9.17) is 5.73 Å². The second kappa shape index (κ2) is 4.32. The zero-order valence-electron chi connectivity index (χ0n) is 10.2. The van der Waals surface area contributed by atoms with Gasteiger partial charge >= 0.3 is 0 Å². The highest BCUT2D eigenvalue weighted by Crippen LogP contribution is 2.40. The van der Waals surface area contributed by atoms with E-state index in [0.29, 0.717) is 30.4 Å². The maximum absolute atomic E-state index is 12.5. The van der Waals surface area contributed by atoms with Gasteiger partial charge in [-0.25, -0.2) is 8.42 Å². The number of nitrogens with zero attached hydrogens (tertiary/aromatic N) is 3. The number of fused-ring (bicyclic) bond motifs is 2. The Kier molecular flexibility index (Phi) is 2.91. The van der Waals surface area contributed by atoms with Crippen LogP contribution < -0.4 is 5.73 Å². The van der Waals surface area contributed by atoms with E-state index < -0.39 is 10.0 Å². The summed E-state index contributed by atoms with van der Waals surface area (Å²) in [6, 6.07) is 0.206. The first-order valence-corrected chi connectivity index (χ1v) is 7.79. The van der Waals surface area contributed by atoms with Crippen LogP contribution in [0.25, 0.3) is 0 Å². The highest BCUT2D eigenvalue weighted by Gasteiger charge is 2.44. The monoisotopic (exact) mass is 270 g/mol. The summed E-state index contributed by atoms with van der Waals surface area (Å²) in [5.74, 6) is 0.559. The Morgan fingerprint density at radius 2 is 2.28 bits per heavy atom. The summed E-state index contributed by atoms with van der Waals surface area (Å²) >= 11 is 0.